The summed E-state index contributed by atoms with van der Waals surface area (Å²) >= 11 is 2.75. The van der Waals surface area contributed by atoms with Crippen LogP contribution >= 0.6 is 23.1 Å². The molecule has 1 heterocycles. The monoisotopic (exact) mass is 382 g/mol. The summed E-state index contributed by atoms with van der Waals surface area (Å²) in [6, 6.07) is 20.8. The molecule has 4 nitrogen and oxygen atoms in total. The number of hydrogen-bond donors (Lipinski definition) is 2. The summed E-state index contributed by atoms with van der Waals surface area (Å²) in [5.74, 6) is -0.873. The molecule has 0 aliphatic heterocycles. The van der Waals surface area contributed by atoms with Crippen molar-refractivity contribution in [3.8, 4) is 22.3 Å². The summed E-state index contributed by atoms with van der Waals surface area (Å²) in [4.78, 5) is 14.8. The molecular formula is C20H18N2O2S2. The number of aliphatic carboxylic acids is 1. The maximum absolute atomic E-state index is 10.7. The summed E-state index contributed by atoms with van der Waals surface area (Å²) in [5.41, 5.74) is 4.65. The molecule has 2 N–H and O–H groups in total. The summed E-state index contributed by atoms with van der Waals surface area (Å²) in [5, 5.41) is 15.6. The third-order valence-electron chi connectivity index (χ3n) is 3.69. The van der Waals surface area contributed by atoms with E-state index in [2.05, 4.69) is 58.2 Å². The van der Waals surface area contributed by atoms with Crippen LogP contribution in [0.2, 0.25) is 0 Å². The first-order chi connectivity index (χ1) is 12.7. The van der Waals surface area contributed by atoms with Crippen molar-refractivity contribution in [1.82, 2.24) is 0 Å². The smallest absolute Gasteiger partial charge is 0.313 e. The van der Waals surface area contributed by atoms with E-state index in [-0.39, 0.29) is 5.75 Å². The van der Waals surface area contributed by atoms with E-state index in [0.717, 1.165) is 16.1 Å². The van der Waals surface area contributed by atoms with Crippen molar-refractivity contribution in [3.63, 3.8) is 0 Å². The van der Waals surface area contributed by atoms with Gasteiger partial charge >= 0.3 is 5.97 Å². The molecule has 0 aliphatic rings. The molecule has 0 fully saturated rings. The molecule has 0 bridgehead atoms. The van der Waals surface area contributed by atoms with Gasteiger partial charge in [0.1, 0.15) is 0 Å². The fraction of sp³-hybridized carbons (Fsp3) is 0.100. The maximum Gasteiger partial charge on any atom is 0.313 e. The number of carbonyl (C=O) groups is 1. The number of nitrogens with zero attached hydrogens (tertiary/aromatic N) is 1. The highest BCUT2D eigenvalue weighted by atomic mass is 32.2. The van der Waals surface area contributed by atoms with Crippen molar-refractivity contribution in [3.05, 3.63) is 66.0 Å². The lowest BCUT2D eigenvalue weighted by Crippen LogP contribution is -2.10. The molecule has 0 radical (unpaired) electrons. The predicted molar refractivity (Wildman–Crippen MR) is 112 cm³/mol. The highest BCUT2D eigenvalue weighted by molar-refractivity contribution is 8.14. The Morgan fingerprint density at radius 1 is 1.04 bits per heavy atom. The number of amidine groups is 1. The van der Waals surface area contributed by atoms with Gasteiger partial charge in [0.25, 0.3) is 0 Å². The van der Waals surface area contributed by atoms with Gasteiger partial charge in [0, 0.05) is 12.4 Å². The standard InChI is InChI=1S/C20H18N2O2S2/c1-21-20(26-13-19(23)24)22-18-11-17(12-25-18)16-9-7-15(8-10-16)14-5-3-2-4-6-14/h2-12H,13H2,1H3,(H,21,22)(H,23,24). The van der Waals surface area contributed by atoms with Crippen molar-refractivity contribution in [2.75, 3.05) is 18.1 Å². The largest absolute Gasteiger partial charge is 0.481 e. The highest BCUT2D eigenvalue weighted by Crippen LogP contribution is 2.31. The van der Waals surface area contributed by atoms with E-state index in [9.17, 15) is 4.79 Å². The quantitative estimate of drug-likeness (QED) is 0.464. The van der Waals surface area contributed by atoms with E-state index in [1.807, 2.05) is 18.2 Å². The van der Waals surface area contributed by atoms with Crippen LogP contribution in [0.4, 0.5) is 5.00 Å². The van der Waals surface area contributed by atoms with Gasteiger partial charge in [0.2, 0.25) is 0 Å². The van der Waals surface area contributed by atoms with Crippen LogP contribution in [0.1, 0.15) is 0 Å². The van der Waals surface area contributed by atoms with E-state index >= 15 is 0 Å². The van der Waals surface area contributed by atoms with E-state index in [1.54, 1.807) is 18.4 Å². The fourth-order valence-electron chi connectivity index (χ4n) is 2.43. The Kier molecular flexibility index (Phi) is 6.09. The van der Waals surface area contributed by atoms with Gasteiger partial charge in [-0.15, -0.1) is 11.3 Å². The molecule has 0 aliphatic carbocycles. The molecule has 132 valence electrons. The minimum Gasteiger partial charge on any atom is -0.481 e. The van der Waals surface area contributed by atoms with Gasteiger partial charge in [-0.25, -0.2) is 0 Å². The molecule has 0 amide bonds. The molecule has 0 atom stereocenters. The van der Waals surface area contributed by atoms with Crippen molar-refractivity contribution in [2.45, 2.75) is 0 Å². The second-order valence-electron chi connectivity index (χ2n) is 5.48. The third-order valence-corrected chi connectivity index (χ3v) is 5.49. The number of carboxylic acids is 1. The first-order valence-corrected chi connectivity index (χ1v) is 9.85. The van der Waals surface area contributed by atoms with Gasteiger partial charge in [-0.3, -0.25) is 9.79 Å². The summed E-state index contributed by atoms with van der Waals surface area (Å²) in [6.45, 7) is 0. The predicted octanol–water partition coefficient (Wildman–Crippen LogP) is 5.30. The third kappa shape index (κ3) is 4.74. The van der Waals surface area contributed by atoms with Gasteiger partial charge in [0.15, 0.2) is 5.17 Å². The number of thioether (sulfide) groups is 1. The maximum atomic E-state index is 10.7. The molecular weight excluding hydrogens is 364 g/mol. The number of aliphatic imine (C=N–C) groups is 1. The Morgan fingerprint density at radius 2 is 1.65 bits per heavy atom. The number of nitrogens with one attached hydrogen (secondary N) is 1. The summed E-state index contributed by atoms with van der Waals surface area (Å²) < 4.78 is 0. The van der Waals surface area contributed by atoms with Crippen molar-refractivity contribution in [2.24, 2.45) is 4.99 Å². The fourth-order valence-corrected chi connectivity index (χ4v) is 3.88. The Balaban J connectivity index is 1.70. The number of carboxylic acid groups (broad SMARTS) is 1. The normalized spacial score (nSPS) is 11.3. The van der Waals surface area contributed by atoms with Gasteiger partial charge < -0.3 is 10.4 Å². The van der Waals surface area contributed by atoms with Crippen molar-refractivity contribution < 1.29 is 9.90 Å². The molecule has 0 saturated heterocycles. The van der Waals surface area contributed by atoms with Crippen LogP contribution in [0.3, 0.4) is 0 Å². The molecule has 6 heteroatoms. The number of thiophene rings is 1. The van der Waals surface area contributed by atoms with Gasteiger partial charge in [-0.2, -0.15) is 0 Å². The SMILES string of the molecule is CN=C(Nc1cc(-c2ccc(-c3ccccc3)cc2)cs1)SCC(=O)O. The van der Waals surface area contributed by atoms with Crippen LogP contribution < -0.4 is 5.32 Å². The Labute approximate surface area is 160 Å². The average Bonchev–Trinajstić information content (AvgIpc) is 3.14. The molecule has 1 aromatic heterocycles. The zero-order valence-corrected chi connectivity index (χ0v) is 15.8. The summed E-state index contributed by atoms with van der Waals surface area (Å²) in [6.07, 6.45) is 0. The molecule has 0 spiro atoms. The zero-order chi connectivity index (χ0) is 18.4. The Bertz CT molecular complexity index is 903. The number of rotatable bonds is 5. The topological polar surface area (TPSA) is 61.7 Å². The molecule has 3 aromatic rings. The van der Waals surface area contributed by atoms with E-state index < -0.39 is 5.97 Å². The average molecular weight is 383 g/mol. The van der Waals surface area contributed by atoms with Crippen LogP contribution in [0.5, 0.6) is 0 Å². The van der Waals surface area contributed by atoms with Gasteiger partial charge in [0.05, 0.1) is 10.8 Å². The molecule has 26 heavy (non-hydrogen) atoms. The second-order valence-corrected chi connectivity index (χ2v) is 7.35. The minimum atomic E-state index is -0.858. The molecule has 3 rings (SSSR count). The minimum absolute atomic E-state index is 0.0150. The van der Waals surface area contributed by atoms with Crippen LogP contribution in [0.15, 0.2) is 71.0 Å². The molecule has 0 saturated carbocycles. The highest BCUT2D eigenvalue weighted by Gasteiger charge is 2.08. The van der Waals surface area contributed by atoms with Crippen molar-refractivity contribution >= 4 is 39.2 Å². The first kappa shape index (κ1) is 18.2. The summed E-state index contributed by atoms with van der Waals surface area (Å²) in [7, 11) is 1.65. The first-order valence-electron chi connectivity index (χ1n) is 7.98. The lowest BCUT2D eigenvalue weighted by molar-refractivity contribution is -0.133. The lowest BCUT2D eigenvalue weighted by Gasteiger charge is -2.05. The number of benzene rings is 2. The van der Waals surface area contributed by atoms with Gasteiger partial charge in [-0.05, 0) is 28.3 Å². The molecule has 2 aromatic carbocycles. The second kappa shape index (κ2) is 8.69. The van der Waals surface area contributed by atoms with Crippen LogP contribution in [-0.4, -0.2) is 29.0 Å². The van der Waals surface area contributed by atoms with Crippen molar-refractivity contribution in [1.29, 1.82) is 0 Å². The van der Waals surface area contributed by atoms with E-state index in [1.165, 1.54) is 22.9 Å². The number of hydrogen-bond acceptors (Lipinski definition) is 4. The Hall–Kier alpha value is -2.57. The van der Waals surface area contributed by atoms with Crippen LogP contribution in [-0.2, 0) is 4.79 Å². The lowest BCUT2D eigenvalue weighted by atomic mass is 10.0. The number of anilines is 1. The van der Waals surface area contributed by atoms with E-state index in [0.29, 0.717) is 5.17 Å². The van der Waals surface area contributed by atoms with Gasteiger partial charge in [-0.1, -0.05) is 66.4 Å². The zero-order valence-electron chi connectivity index (χ0n) is 14.2. The Morgan fingerprint density at radius 3 is 2.27 bits per heavy atom. The van der Waals surface area contributed by atoms with Crippen LogP contribution in [0, 0.1) is 0 Å². The molecule has 0 unspecified atom stereocenters. The van der Waals surface area contributed by atoms with Crippen LogP contribution in [0.25, 0.3) is 22.3 Å². The van der Waals surface area contributed by atoms with E-state index in [4.69, 9.17) is 5.11 Å².